The second kappa shape index (κ2) is 7.11. The standard InChI is InChI=1S/C12H15F3N2O4/c1-3-20-11(18)4-7-8(6-16)17-10(19-2)5-9(7)21-12(13,14)15/h5H,3-4,6,16H2,1-2H3. The lowest BCUT2D eigenvalue weighted by Gasteiger charge is -2.16. The first-order valence-electron chi connectivity index (χ1n) is 5.99. The fourth-order valence-electron chi connectivity index (χ4n) is 1.61. The summed E-state index contributed by atoms with van der Waals surface area (Å²) in [6, 6.07) is 0.946. The first-order valence-corrected chi connectivity index (χ1v) is 5.99. The van der Waals surface area contributed by atoms with Gasteiger partial charge >= 0.3 is 12.3 Å². The minimum atomic E-state index is -4.92. The number of halogens is 3. The van der Waals surface area contributed by atoms with Gasteiger partial charge in [0.25, 0.3) is 0 Å². The molecule has 1 aromatic rings. The van der Waals surface area contributed by atoms with E-state index in [-0.39, 0.29) is 30.3 Å². The van der Waals surface area contributed by atoms with Gasteiger partial charge in [-0.05, 0) is 6.92 Å². The quantitative estimate of drug-likeness (QED) is 0.803. The Morgan fingerprint density at radius 3 is 2.57 bits per heavy atom. The molecule has 0 amide bonds. The maximum absolute atomic E-state index is 12.4. The molecule has 0 spiro atoms. The van der Waals surface area contributed by atoms with Crippen molar-refractivity contribution in [1.82, 2.24) is 4.98 Å². The maximum Gasteiger partial charge on any atom is 0.573 e. The highest BCUT2D eigenvalue weighted by atomic mass is 19.4. The van der Waals surface area contributed by atoms with E-state index in [0.717, 1.165) is 6.07 Å². The molecule has 0 saturated heterocycles. The van der Waals surface area contributed by atoms with Crippen LogP contribution in [-0.4, -0.2) is 31.0 Å². The van der Waals surface area contributed by atoms with Gasteiger partial charge in [-0.2, -0.15) is 0 Å². The molecule has 21 heavy (non-hydrogen) atoms. The molecule has 0 aliphatic carbocycles. The molecule has 0 bridgehead atoms. The van der Waals surface area contributed by atoms with Gasteiger partial charge in [0.2, 0.25) is 5.88 Å². The number of ether oxygens (including phenoxy) is 3. The number of hydrogen-bond acceptors (Lipinski definition) is 6. The molecule has 0 radical (unpaired) electrons. The van der Waals surface area contributed by atoms with E-state index in [1.807, 2.05) is 0 Å². The summed E-state index contributed by atoms with van der Waals surface area (Å²) in [5, 5.41) is 0. The monoisotopic (exact) mass is 308 g/mol. The first-order chi connectivity index (χ1) is 9.80. The van der Waals surface area contributed by atoms with E-state index in [0.29, 0.717) is 0 Å². The molecule has 6 nitrogen and oxygen atoms in total. The van der Waals surface area contributed by atoms with Crippen molar-refractivity contribution < 1.29 is 32.2 Å². The minimum absolute atomic E-state index is 0.0710. The maximum atomic E-state index is 12.4. The molecule has 0 aromatic carbocycles. The third-order valence-electron chi connectivity index (χ3n) is 2.40. The topological polar surface area (TPSA) is 83.7 Å². The molecule has 0 fully saturated rings. The van der Waals surface area contributed by atoms with Crippen LogP contribution >= 0.6 is 0 Å². The van der Waals surface area contributed by atoms with Crippen LogP contribution in [-0.2, 0) is 22.5 Å². The van der Waals surface area contributed by atoms with Crippen molar-refractivity contribution in [3.05, 3.63) is 17.3 Å². The Morgan fingerprint density at radius 1 is 1.43 bits per heavy atom. The van der Waals surface area contributed by atoms with Crippen molar-refractivity contribution in [2.24, 2.45) is 5.73 Å². The van der Waals surface area contributed by atoms with Crippen LogP contribution in [0.3, 0.4) is 0 Å². The average Bonchev–Trinajstić information content (AvgIpc) is 2.39. The molecule has 1 aromatic heterocycles. The summed E-state index contributed by atoms with van der Waals surface area (Å²) >= 11 is 0. The number of nitrogens with zero attached hydrogens (tertiary/aromatic N) is 1. The summed E-state index contributed by atoms with van der Waals surface area (Å²) in [6.45, 7) is 1.51. The molecular weight excluding hydrogens is 293 g/mol. The summed E-state index contributed by atoms with van der Waals surface area (Å²) in [4.78, 5) is 15.4. The molecule has 0 aliphatic rings. The highest BCUT2D eigenvalue weighted by Crippen LogP contribution is 2.31. The number of alkyl halides is 3. The van der Waals surface area contributed by atoms with Crippen LogP contribution in [0.25, 0.3) is 0 Å². The molecule has 0 saturated carbocycles. The zero-order valence-electron chi connectivity index (χ0n) is 11.5. The predicted octanol–water partition coefficient (Wildman–Crippen LogP) is 1.55. The van der Waals surface area contributed by atoms with Gasteiger partial charge in [-0.1, -0.05) is 0 Å². The van der Waals surface area contributed by atoms with E-state index in [1.165, 1.54) is 7.11 Å². The normalized spacial score (nSPS) is 11.1. The Bertz CT molecular complexity index is 506. The van der Waals surface area contributed by atoms with Gasteiger partial charge in [-0.25, -0.2) is 4.98 Å². The van der Waals surface area contributed by atoms with Crippen LogP contribution in [0.15, 0.2) is 6.07 Å². The number of carbonyl (C=O) groups excluding carboxylic acids is 1. The fraction of sp³-hybridized carbons (Fsp3) is 0.500. The first kappa shape index (κ1) is 17.0. The summed E-state index contributed by atoms with van der Waals surface area (Å²) in [5.74, 6) is -1.38. The Kier molecular flexibility index (Phi) is 5.77. The third kappa shape index (κ3) is 5.10. The molecule has 0 atom stereocenters. The molecule has 2 N–H and O–H groups in total. The van der Waals surface area contributed by atoms with Crippen LogP contribution < -0.4 is 15.2 Å². The molecule has 0 aliphatic heterocycles. The van der Waals surface area contributed by atoms with Gasteiger partial charge in [-0.15, -0.1) is 13.2 Å². The minimum Gasteiger partial charge on any atom is -0.481 e. The van der Waals surface area contributed by atoms with Crippen LogP contribution in [0.2, 0.25) is 0 Å². The van der Waals surface area contributed by atoms with Gasteiger partial charge < -0.3 is 19.9 Å². The lowest BCUT2D eigenvalue weighted by Crippen LogP contribution is -2.21. The summed E-state index contributed by atoms with van der Waals surface area (Å²) in [6.07, 6.45) is -5.34. The lowest BCUT2D eigenvalue weighted by molar-refractivity contribution is -0.275. The third-order valence-corrected chi connectivity index (χ3v) is 2.40. The SMILES string of the molecule is CCOC(=O)Cc1c(OC(F)(F)F)cc(OC)nc1CN. The van der Waals surface area contributed by atoms with E-state index in [4.69, 9.17) is 15.2 Å². The highest BCUT2D eigenvalue weighted by Gasteiger charge is 2.33. The second-order valence-corrected chi connectivity index (χ2v) is 3.82. The number of carbonyl (C=O) groups is 1. The van der Waals surface area contributed by atoms with Gasteiger partial charge in [-0.3, -0.25) is 4.79 Å². The number of methoxy groups -OCH3 is 1. The molecular formula is C12H15F3N2O4. The zero-order chi connectivity index (χ0) is 16.0. The number of nitrogens with two attached hydrogens (primary N) is 1. The fourth-order valence-corrected chi connectivity index (χ4v) is 1.61. The Labute approximate surface area is 119 Å². The van der Waals surface area contributed by atoms with Crippen molar-refractivity contribution >= 4 is 5.97 Å². The van der Waals surface area contributed by atoms with Crippen molar-refractivity contribution in [2.75, 3.05) is 13.7 Å². The highest BCUT2D eigenvalue weighted by molar-refractivity contribution is 5.74. The van der Waals surface area contributed by atoms with Crippen LogP contribution in [0.1, 0.15) is 18.2 Å². The van der Waals surface area contributed by atoms with Crippen LogP contribution in [0.4, 0.5) is 13.2 Å². The smallest absolute Gasteiger partial charge is 0.481 e. The Hall–Kier alpha value is -2.03. The number of hydrogen-bond donors (Lipinski definition) is 1. The summed E-state index contributed by atoms with van der Waals surface area (Å²) in [5.41, 5.74) is 5.45. The number of aromatic nitrogens is 1. The van der Waals surface area contributed by atoms with E-state index in [1.54, 1.807) is 6.92 Å². The Morgan fingerprint density at radius 2 is 2.10 bits per heavy atom. The lowest BCUT2D eigenvalue weighted by atomic mass is 10.1. The second-order valence-electron chi connectivity index (χ2n) is 3.82. The van der Waals surface area contributed by atoms with Crippen LogP contribution in [0.5, 0.6) is 11.6 Å². The largest absolute Gasteiger partial charge is 0.573 e. The Balaban J connectivity index is 3.24. The van der Waals surface area contributed by atoms with Gasteiger partial charge in [0.1, 0.15) is 5.75 Å². The van der Waals surface area contributed by atoms with Crippen molar-refractivity contribution in [2.45, 2.75) is 26.3 Å². The zero-order valence-corrected chi connectivity index (χ0v) is 11.5. The van der Waals surface area contributed by atoms with E-state index in [2.05, 4.69) is 9.72 Å². The average molecular weight is 308 g/mol. The van der Waals surface area contributed by atoms with E-state index < -0.39 is 24.5 Å². The summed E-state index contributed by atoms with van der Waals surface area (Å²) in [7, 11) is 1.24. The predicted molar refractivity (Wildman–Crippen MR) is 65.7 cm³/mol. The van der Waals surface area contributed by atoms with E-state index in [9.17, 15) is 18.0 Å². The molecule has 118 valence electrons. The molecule has 1 heterocycles. The number of rotatable bonds is 6. The van der Waals surface area contributed by atoms with Crippen LogP contribution in [0, 0.1) is 0 Å². The van der Waals surface area contributed by atoms with Gasteiger partial charge in [0.05, 0.1) is 25.8 Å². The van der Waals surface area contributed by atoms with Gasteiger partial charge in [0, 0.05) is 18.2 Å². The van der Waals surface area contributed by atoms with Crippen molar-refractivity contribution in [3.8, 4) is 11.6 Å². The van der Waals surface area contributed by atoms with Crippen molar-refractivity contribution in [1.29, 1.82) is 0 Å². The van der Waals surface area contributed by atoms with E-state index >= 15 is 0 Å². The molecule has 9 heteroatoms. The number of pyridine rings is 1. The number of esters is 1. The molecule has 0 unspecified atom stereocenters. The van der Waals surface area contributed by atoms with Gasteiger partial charge in [0.15, 0.2) is 0 Å². The van der Waals surface area contributed by atoms with Crippen molar-refractivity contribution in [3.63, 3.8) is 0 Å². The molecule has 1 rings (SSSR count). The summed E-state index contributed by atoms with van der Waals surface area (Å²) < 4.78 is 50.8.